The van der Waals surface area contributed by atoms with Crippen molar-refractivity contribution in [2.45, 2.75) is 0 Å². The molecule has 1 aromatic heterocycles. The number of rotatable bonds is 2. The molecule has 1 heterocycles. The van der Waals surface area contributed by atoms with Gasteiger partial charge in [-0.3, -0.25) is 0 Å². The number of nitrogens with zero attached hydrogens (tertiary/aromatic N) is 3. The van der Waals surface area contributed by atoms with E-state index in [0.29, 0.717) is 21.7 Å². The van der Waals surface area contributed by atoms with E-state index in [1.165, 1.54) is 0 Å². The Morgan fingerprint density at radius 2 is 1.74 bits per heavy atom. The fraction of sp³-hybridized carbons (Fsp3) is 0.0769. The van der Waals surface area contributed by atoms with Crippen molar-refractivity contribution in [3.8, 4) is 11.4 Å². The summed E-state index contributed by atoms with van der Waals surface area (Å²) in [5.74, 6) is 0.785. The molecule has 0 spiro atoms. The zero-order valence-corrected chi connectivity index (χ0v) is 10.9. The molecule has 3 aromatic rings. The first-order chi connectivity index (χ1) is 9.17. The van der Waals surface area contributed by atoms with Gasteiger partial charge in [-0.2, -0.15) is 4.80 Å². The Hall–Kier alpha value is -2.27. The second-order valence-corrected chi connectivity index (χ2v) is 4.46. The summed E-state index contributed by atoms with van der Waals surface area (Å²) in [4.78, 5) is 1.54. The van der Waals surface area contributed by atoms with Crippen molar-refractivity contribution in [2.75, 3.05) is 12.8 Å². The van der Waals surface area contributed by atoms with Gasteiger partial charge in [0.2, 0.25) is 0 Å². The van der Waals surface area contributed by atoms with Gasteiger partial charge in [-0.25, -0.2) is 0 Å². The zero-order valence-electron chi connectivity index (χ0n) is 10.2. The first kappa shape index (κ1) is 11.8. The minimum Gasteiger partial charge on any atom is -0.497 e. The van der Waals surface area contributed by atoms with Gasteiger partial charge >= 0.3 is 0 Å². The number of nitrogens with two attached hydrogens (primary N) is 1. The van der Waals surface area contributed by atoms with E-state index in [1.54, 1.807) is 24.0 Å². The highest BCUT2D eigenvalue weighted by Gasteiger charge is 2.07. The van der Waals surface area contributed by atoms with Gasteiger partial charge in [0.05, 0.1) is 23.5 Å². The van der Waals surface area contributed by atoms with Gasteiger partial charge in [-0.05, 0) is 36.4 Å². The van der Waals surface area contributed by atoms with E-state index in [-0.39, 0.29) is 0 Å². The van der Waals surface area contributed by atoms with E-state index in [2.05, 4.69) is 10.2 Å². The molecule has 96 valence electrons. The number of hydrogen-bond donors (Lipinski definition) is 1. The third-order valence-electron chi connectivity index (χ3n) is 2.80. The van der Waals surface area contributed by atoms with Crippen LogP contribution < -0.4 is 10.5 Å². The summed E-state index contributed by atoms with van der Waals surface area (Å²) in [5.41, 5.74) is 8.49. The molecule has 19 heavy (non-hydrogen) atoms. The van der Waals surface area contributed by atoms with Crippen molar-refractivity contribution < 1.29 is 4.74 Å². The summed E-state index contributed by atoms with van der Waals surface area (Å²) in [6.45, 7) is 0. The van der Waals surface area contributed by atoms with Crippen molar-refractivity contribution in [2.24, 2.45) is 0 Å². The Bertz CT molecular complexity index is 697. The van der Waals surface area contributed by atoms with E-state index in [4.69, 9.17) is 22.1 Å². The standard InChI is InChI=1S/C13H11ClN4O/c1-19-9-4-2-8(3-5-9)18-16-12-6-10(14)11(15)7-13(12)17-18/h2-7H,15H2,1H3. The lowest BCUT2D eigenvalue weighted by atomic mass is 10.3. The molecule has 0 atom stereocenters. The Balaban J connectivity index is 2.09. The minimum atomic E-state index is 0.481. The second kappa shape index (κ2) is 4.44. The number of anilines is 1. The molecule has 2 N–H and O–H groups in total. The maximum absolute atomic E-state index is 5.96. The van der Waals surface area contributed by atoms with Gasteiger partial charge in [0.15, 0.2) is 0 Å². The summed E-state index contributed by atoms with van der Waals surface area (Å²) in [6.07, 6.45) is 0. The summed E-state index contributed by atoms with van der Waals surface area (Å²) in [5, 5.41) is 9.21. The SMILES string of the molecule is COc1ccc(-n2nc3cc(N)c(Cl)cc3n2)cc1. The van der Waals surface area contributed by atoms with Crippen molar-refractivity contribution >= 4 is 28.3 Å². The van der Waals surface area contributed by atoms with E-state index < -0.39 is 0 Å². The van der Waals surface area contributed by atoms with Crippen molar-refractivity contribution in [1.29, 1.82) is 0 Å². The molecule has 2 aromatic carbocycles. The summed E-state index contributed by atoms with van der Waals surface area (Å²) in [7, 11) is 1.63. The van der Waals surface area contributed by atoms with Crippen LogP contribution in [0.25, 0.3) is 16.7 Å². The average molecular weight is 275 g/mol. The van der Waals surface area contributed by atoms with Crippen molar-refractivity contribution in [3.05, 3.63) is 41.4 Å². The van der Waals surface area contributed by atoms with E-state index in [1.807, 2.05) is 24.3 Å². The van der Waals surface area contributed by atoms with Crippen LogP contribution >= 0.6 is 11.6 Å². The Labute approximate surface area is 114 Å². The molecule has 5 nitrogen and oxygen atoms in total. The molecule has 0 aliphatic rings. The molecular weight excluding hydrogens is 264 g/mol. The van der Waals surface area contributed by atoms with Gasteiger partial charge in [0.25, 0.3) is 0 Å². The molecule has 0 radical (unpaired) electrons. The number of hydrogen-bond acceptors (Lipinski definition) is 4. The van der Waals surface area contributed by atoms with Crippen LogP contribution in [0.3, 0.4) is 0 Å². The fourth-order valence-electron chi connectivity index (χ4n) is 1.79. The molecule has 0 aliphatic carbocycles. The zero-order chi connectivity index (χ0) is 13.4. The number of nitrogen functional groups attached to an aromatic ring is 1. The molecule has 6 heteroatoms. The molecule has 0 bridgehead atoms. The molecule has 3 rings (SSSR count). The normalized spacial score (nSPS) is 10.8. The van der Waals surface area contributed by atoms with Gasteiger partial charge < -0.3 is 10.5 Å². The van der Waals surface area contributed by atoms with Crippen molar-refractivity contribution in [1.82, 2.24) is 15.0 Å². The quantitative estimate of drug-likeness (QED) is 0.730. The molecule has 0 amide bonds. The first-order valence-corrected chi connectivity index (χ1v) is 6.01. The van der Waals surface area contributed by atoms with Gasteiger partial charge in [0.1, 0.15) is 16.8 Å². The van der Waals surface area contributed by atoms with Crippen LogP contribution in [0.4, 0.5) is 5.69 Å². The highest BCUT2D eigenvalue weighted by molar-refractivity contribution is 6.33. The number of aromatic nitrogens is 3. The van der Waals surface area contributed by atoms with Crippen molar-refractivity contribution in [3.63, 3.8) is 0 Å². The number of halogens is 1. The van der Waals surface area contributed by atoms with E-state index >= 15 is 0 Å². The van der Waals surface area contributed by atoms with Crippen LogP contribution in [-0.4, -0.2) is 22.1 Å². The molecule has 0 saturated carbocycles. The third kappa shape index (κ3) is 2.08. The lowest BCUT2D eigenvalue weighted by Gasteiger charge is -2.01. The summed E-state index contributed by atoms with van der Waals surface area (Å²) in [6, 6.07) is 10.9. The Morgan fingerprint density at radius 1 is 1.11 bits per heavy atom. The summed E-state index contributed by atoms with van der Waals surface area (Å²) < 4.78 is 5.11. The largest absolute Gasteiger partial charge is 0.497 e. The van der Waals surface area contributed by atoms with Crippen LogP contribution in [0.2, 0.25) is 5.02 Å². The number of methoxy groups -OCH3 is 1. The second-order valence-electron chi connectivity index (χ2n) is 4.05. The van der Waals surface area contributed by atoms with Gasteiger partial charge in [-0.15, -0.1) is 10.2 Å². The molecular formula is C13H11ClN4O. The van der Waals surface area contributed by atoms with Crippen LogP contribution in [-0.2, 0) is 0 Å². The number of fused-ring (bicyclic) bond motifs is 1. The fourth-order valence-corrected chi connectivity index (χ4v) is 1.94. The van der Waals surface area contributed by atoms with Crippen LogP contribution in [0.1, 0.15) is 0 Å². The molecule has 0 saturated heterocycles. The monoisotopic (exact) mass is 274 g/mol. The average Bonchev–Trinajstić information content (AvgIpc) is 2.82. The van der Waals surface area contributed by atoms with Gasteiger partial charge in [-0.1, -0.05) is 11.6 Å². The Morgan fingerprint density at radius 3 is 2.37 bits per heavy atom. The number of ether oxygens (including phenoxy) is 1. The Kier molecular flexibility index (Phi) is 2.76. The third-order valence-corrected chi connectivity index (χ3v) is 3.13. The minimum absolute atomic E-state index is 0.481. The number of benzene rings is 2. The maximum atomic E-state index is 5.96. The highest BCUT2D eigenvalue weighted by atomic mass is 35.5. The lowest BCUT2D eigenvalue weighted by molar-refractivity contribution is 0.414. The predicted molar refractivity (Wildman–Crippen MR) is 74.8 cm³/mol. The van der Waals surface area contributed by atoms with Crippen LogP contribution in [0, 0.1) is 0 Å². The topological polar surface area (TPSA) is 66.0 Å². The maximum Gasteiger partial charge on any atom is 0.119 e. The van der Waals surface area contributed by atoms with Crippen LogP contribution in [0.5, 0.6) is 5.75 Å². The molecule has 0 aliphatic heterocycles. The molecule has 0 unspecified atom stereocenters. The predicted octanol–water partition coefficient (Wildman–Crippen LogP) is 2.66. The smallest absolute Gasteiger partial charge is 0.119 e. The first-order valence-electron chi connectivity index (χ1n) is 5.64. The summed E-state index contributed by atoms with van der Waals surface area (Å²) >= 11 is 5.96. The molecule has 0 fully saturated rings. The van der Waals surface area contributed by atoms with Gasteiger partial charge in [0, 0.05) is 0 Å². The van der Waals surface area contributed by atoms with E-state index in [0.717, 1.165) is 11.4 Å². The lowest BCUT2D eigenvalue weighted by Crippen LogP contribution is -1.98. The van der Waals surface area contributed by atoms with Crippen LogP contribution in [0.15, 0.2) is 36.4 Å². The highest BCUT2D eigenvalue weighted by Crippen LogP contribution is 2.24. The van der Waals surface area contributed by atoms with E-state index in [9.17, 15) is 0 Å².